The summed E-state index contributed by atoms with van der Waals surface area (Å²) in [5.74, 6) is 0.383. The average molecular weight is 519 g/mol. The van der Waals surface area contributed by atoms with E-state index >= 15 is 0 Å². The SMILES string of the molecule is Cc1ccc(S(=O)(=O)n2ccc3c2ncc2nc(N)n(N4CCC(COS(C)(=O)=O)CC4)c23)cc1. The average Bonchev–Trinajstić information content (AvgIpc) is 3.38. The fraction of sp³-hybridized carbons (Fsp3) is 0.364. The molecule has 0 atom stereocenters. The summed E-state index contributed by atoms with van der Waals surface area (Å²) in [4.78, 5) is 9.01. The summed E-state index contributed by atoms with van der Waals surface area (Å²) in [5.41, 5.74) is 8.76. The molecule has 0 saturated carbocycles. The van der Waals surface area contributed by atoms with Crippen LogP contribution < -0.4 is 10.7 Å². The molecule has 0 bridgehead atoms. The number of anilines is 1. The fourth-order valence-corrected chi connectivity index (χ4v) is 6.18. The Morgan fingerprint density at radius 3 is 2.43 bits per heavy atom. The molecule has 4 aromatic rings. The molecule has 0 aliphatic carbocycles. The van der Waals surface area contributed by atoms with Crippen LogP contribution in [0.3, 0.4) is 0 Å². The van der Waals surface area contributed by atoms with Gasteiger partial charge < -0.3 is 10.7 Å². The van der Waals surface area contributed by atoms with Gasteiger partial charge in [0, 0.05) is 24.7 Å². The highest BCUT2D eigenvalue weighted by molar-refractivity contribution is 7.90. The molecule has 0 radical (unpaired) electrons. The maximum absolute atomic E-state index is 13.3. The van der Waals surface area contributed by atoms with Gasteiger partial charge in [-0.05, 0) is 43.9 Å². The number of rotatable bonds is 6. The Kier molecular flexibility index (Phi) is 5.73. The van der Waals surface area contributed by atoms with E-state index in [9.17, 15) is 16.8 Å². The Bertz CT molecular complexity index is 1620. The van der Waals surface area contributed by atoms with E-state index in [-0.39, 0.29) is 29.0 Å². The summed E-state index contributed by atoms with van der Waals surface area (Å²) < 4.78 is 57.2. The van der Waals surface area contributed by atoms with Crippen LogP contribution in [0.2, 0.25) is 0 Å². The molecule has 5 rings (SSSR count). The van der Waals surface area contributed by atoms with Crippen LogP contribution in [0.4, 0.5) is 5.95 Å². The van der Waals surface area contributed by atoms with Gasteiger partial charge in [-0.3, -0.25) is 4.18 Å². The van der Waals surface area contributed by atoms with Crippen molar-refractivity contribution in [2.45, 2.75) is 24.7 Å². The van der Waals surface area contributed by atoms with E-state index in [1.54, 1.807) is 35.0 Å². The quantitative estimate of drug-likeness (QED) is 0.378. The van der Waals surface area contributed by atoms with E-state index in [1.165, 1.54) is 16.4 Å². The van der Waals surface area contributed by atoms with Crippen LogP contribution in [0.15, 0.2) is 47.6 Å². The molecular formula is C22H26N6O5S2. The van der Waals surface area contributed by atoms with E-state index in [0.29, 0.717) is 42.4 Å². The Hall–Kier alpha value is -3.16. The topological polar surface area (TPSA) is 142 Å². The normalized spacial score (nSPS) is 15.9. The lowest BCUT2D eigenvalue weighted by molar-refractivity contribution is 0.222. The molecule has 1 fully saturated rings. The number of benzene rings is 1. The molecule has 3 aromatic heterocycles. The van der Waals surface area contributed by atoms with Crippen LogP contribution in [0.25, 0.3) is 22.1 Å². The molecule has 0 unspecified atom stereocenters. The van der Waals surface area contributed by atoms with E-state index in [2.05, 4.69) is 9.97 Å². The van der Waals surface area contributed by atoms with Crippen molar-refractivity contribution < 1.29 is 21.0 Å². The second-order valence-corrected chi connectivity index (χ2v) is 12.3. The molecule has 2 N–H and O–H groups in total. The van der Waals surface area contributed by atoms with Gasteiger partial charge in [0.05, 0.1) is 24.0 Å². The van der Waals surface area contributed by atoms with Gasteiger partial charge in [0.2, 0.25) is 5.95 Å². The lowest BCUT2D eigenvalue weighted by atomic mass is 9.99. The standard InChI is InChI=1S/C22H26N6O5S2/c1-15-3-5-17(6-4-15)35(31,32)27-12-9-18-20-19(13-24-21(18)27)25-22(23)28(20)26-10-7-16(8-11-26)14-33-34(2,29)30/h3-6,9,12-13,16H,7-8,10-11,14H2,1-2H3,(H2,23,25). The highest BCUT2D eigenvalue weighted by Crippen LogP contribution is 2.30. The number of hydrogen-bond acceptors (Lipinski definition) is 9. The molecule has 11 nitrogen and oxygen atoms in total. The van der Waals surface area contributed by atoms with Gasteiger partial charge in [0.15, 0.2) is 5.65 Å². The van der Waals surface area contributed by atoms with E-state index in [0.717, 1.165) is 11.8 Å². The zero-order valence-corrected chi connectivity index (χ0v) is 21.0. The second-order valence-electron chi connectivity index (χ2n) is 8.83. The lowest BCUT2D eigenvalue weighted by Crippen LogP contribution is -2.43. The van der Waals surface area contributed by atoms with Crippen molar-refractivity contribution in [3.05, 3.63) is 48.3 Å². The number of nitrogens with two attached hydrogens (primary N) is 1. The van der Waals surface area contributed by atoms with Crippen LogP contribution in [-0.4, -0.2) is 61.4 Å². The highest BCUT2D eigenvalue weighted by atomic mass is 32.2. The predicted octanol–water partition coefficient (Wildman–Crippen LogP) is 1.84. The molecular weight excluding hydrogens is 492 g/mol. The third kappa shape index (κ3) is 4.34. The third-order valence-electron chi connectivity index (χ3n) is 6.27. The van der Waals surface area contributed by atoms with Gasteiger partial charge in [0.25, 0.3) is 20.1 Å². The van der Waals surface area contributed by atoms with Crippen LogP contribution in [0.5, 0.6) is 0 Å². The van der Waals surface area contributed by atoms with E-state index < -0.39 is 20.1 Å². The van der Waals surface area contributed by atoms with Crippen molar-refractivity contribution in [1.29, 1.82) is 0 Å². The van der Waals surface area contributed by atoms with Gasteiger partial charge in [0.1, 0.15) is 11.0 Å². The van der Waals surface area contributed by atoms with E-state index in [1.807, 2.05) is 11.9 Å². The van der Waals surface area contributed by atoms with Crippen LogP contribution in [0, 0.1) is 12.8 Å². The summed E-state index contributed by atoms with van der Waals surface area (Å²) in [6, 6.07) is 8.37. The number of hydrogen-bond donors (Lipinski definition) is 1. The van der Waals surface area contributed by atoms with Gasteiger partial charge in [-0.2, -0.15) is 8.42 Å². The Morgan fingerprint density at radius 2 is 1.77 bits per heavy atom. The number of pyridine rings is 1. The van der Waals surface area contributed by atoms with Crippen LogP contribution in [-0.2, 0) is 24.3 Å². The minimum Gasteiger partial charge on any atom is -0.368 e. The van der Waals surface area contributed by atoms with Crippen molar-refractivity contribution in [3.8, 4) is 0 Å². The molecule has 0 amide bonds. The van der Waals surface area contributed by atoms with Gasteiger partial charge >= 0.3 is 0 Å². The van der Waals surface area contributed by atoms with Gasteiger partial charge in [-0.1, -0.05) is 17.7 Å². The van der Waals surface area contributed by atoms with Gasteiger partial charge in [-0.15, -0.1) is 0 Å². The van der Waals surface area contributed by atoms with Crippen molar-refractivity contribution in [2.24, 2.45) is 5.92 Å². The maximum atomic E-state index is 13.3. The monoisotopic (exact) mass is 518 g/mol. The largest absolute Gasteiger partial charge is 0.368 e. The summed E-state index contributed by atoms with van der Waals surface area (Å²) >= 11 is 0. The summed E-state index contributed by atoms with van der Waals surface area (Å²) in [6.07, 6.45) is 5.50. The van der Waals surface area contributed by atoms with Crippen molar-refractivity contribution in [1.82, 2.24) is 18.6 Å². The first kappa shape index (κ1) is 23.6. The number of aromatic nitrogens is 4. The van der Waals surface area contributed by atoms with Crippen molar-refractivity contribution >= 4 is 48.2 Å². The molecule has 1 aromatic carbocycles. The molecule has 1 aliphatic heterocycles. The zero-order valence-electron chi connectivity index (χ0n) is 19.3. The minimum absolute atomic E-state index is 0.111. The molecule has 35 heavy (non-hydrogen) atoms. The summed E-state index contributed by atoms with van der Waals surface area (Å²) in [5, 5.41) is 2.65. The number of imidazole rings is 1. The number of nitrogens with zero attached hydrogens (tertiary/aromatic N) is 5. The lowest BCUT2D eigenvalue weighted by Gasteiger charge is -2.34. The smallest absolute Gasteiger partial charge is 0.269 e. The first-order valence-corrected chi connectivity index (χ1v) is 14.4. The minimum atomic E-state index is -3.85. The van der Waals surface area contributed by atoms with Crippen molar-refractivity contribution in [2.75, 3.05) is 36.7 Å². The number of nitrogen functional groups attached to an aromatic ring is 1. The second kappa shape index (κ2) is 8.50. The third-order valence-corrected chi connectivity index (χ3v) is 8.51. The number of piperidine rings is 1. The van der Waals surface area contributed by atoms with E-state index in [4.69, 9.17) is 9.92 Å². The molecule has 4 heterocycles. The molecule has 1 saturated heterocycles. The first-order valence-electron chi connectivity index (χ1n) is 11.1. The zero-order chi connectivity index (χ0) is 25.0. The Labute approximate surface area is 203 Å². The van der Waals surface area contributed by atoms with Crippen LogP contribution >= 0.6 is 0 Å². The maximum Gasteiger partial charge on any atom is 0.269 e. The summed E-state index contributed by atoms with van der Waals surface area (Å²) in [7, 11) is -7.33. The fourth-order valence-electron chi connectivity index (χ4n) is 4.44. The van der Waals surface area contributed by atoms with Gasteiger partial charge in [-0.25, -0.2) is 27.0 Å². The molecule has 1 aliphatic rings. The first-order chi connectivity index (χ1) is 16.5. The Balaban J connectivity index is 1.51. The number of aryl methyl sites for hydroxylation is 1. The summed E-state index contributed by atoms with van der Waals surface area (Å²) in [6.45, 7) is 3.27. The van der Waals surface area contributed by atoms with Crippen molar-refractivity contribution in [3.63, 3.8) is 0 Å². The number of fused-ring (bicyclic) bond motifs is 3. The highest BCUT2D eigenvalue weighted by Gasteiger charge is 2.26. The Morgan fingerprint density at radius 1 is 1.09 bits per heavy atom. The molecule has 13 heteroatoms. The van der Waals surface area contributed by atoms with Crippen LogP contribution in [0.1, 0.15) is 18.4 Å². The molecule has 186 valence electrons. The predicted molar refractivity (Wildman–Crippen MR) is 133 cm³/mol. The molecule has 0 spiro atoms.